The molecule has 0 radical (unpaired) electrons. The lowest BCUT2D eigenvalue weighted by Crippen LogP contribution is -2.20. The average Bonchev–Trinajstić information content (AvgIpc) is 3.25. The molecule has 3 aromatic carbocycles. The second-order valence-electron chi connectivity index (χ2n) is 7.67. The van der Waals surface area contributed by atoms with Gasteiger partial charge >= 0.3 is 0 Å². The maximum atomic E-state index is 12.3. The van der Waals surface area contributed by atoms with Gasteiger partial charge in [-0.05, 0) is 49.7 Å². The topological polar surface area (TPSA) is 113 Å². The van der Waals surface area contributed by atoms with E-state index in [9.17, 15) is 15.0 Å². The van der Waals surface area contributed by atoms with Gasteiger partial charge in [-0.2, -0.15) is 5.10 Å². The number of amides is 1. The number of thioether (sulfide) groups is 1. The quantitative estimate of drug-likeness (QED) is 0.160. The molecule has 4 aromatic rings. The fourth-order valence-corrected chi connectivity index (χ4v) is 3.89. The summed E-state index contributed by atoms with van der Waals surface area (Å²) >= 11 is 1.25. The van der Waals surface area contributed by atoms with Crippen molar-refractivity contribution in [3.8, 4) is 28.6 Å². The Kier molecular flexibility index (Phi) is 6.93. The zero-order valence-electron chi connectivity index (χ0n) is 18.6. The molecular weight excluding hydrogens is 450 g/mol. The first-order chi connectivity index (χ1) is 16.4. The molecule has 34 heavy (non-hydrogen) atoms. The van der Waals surface area contributed by atoms with Gasteiger partial charge in [-0.1, -0.05) is 59.3 Å². The molecule has 0 unspecified atom stereocenters. The Balaban J connectivity index is 1.50. The van der Waals surface area contributed by atoms with E-state index in [1.54, 1.807) is 6.07 Å². The summed E-state index contributed by atoms with van der Waals surface area (Å²) in [5.41, 5.74) is 7.11. The van der Waals surface area contributed by atoms with Gasteiger partial charge < -0.3 is 10.2 Å². The lowest BCUT2D eigenvalue weighted by Gasteiger charge is -2.11. The first-order valence-electron chi connectivity index (χ1n) is 10.5. The Morgan fingerprint density at radius 3 is 2.32 bits per heavy atom. The lowest BCUT2D eigenvalue weighted by atomic mass is 10.1. The largest absolute Gasteiger partial charge is 0.504 e. The van der Waals surface area contributed by atoms with Gasteiger partial charge in [0.15, 0.2) is 22.5 Å². The SMILES string of the molecule is Cc1ccc(-c2nnc(SCC(=O)N/N=C\c3ccc(O)c(O)c3)n2-c2ccc(C)cc2)cc1. The number of aryl methyl sites for hydroxylation is 2. The smallest absolute Gasteiger partial charge is 0.250 e. The van der Waals surface area contributed by atoms with Crippen LogP contribution in [0.1, 0.15) is 16.7 Å². The van der Waals surface area contributed by atoms with Gasteiger partial charge in [-0.25, -0.2) is 5.43 Å². The fourth-order valence-electron chi connectivity index (χ4n) is 3.14. The number of aromatic hydroxyl groups is 2. The predicted octanol–water partition coefficient (Wildman–Crippen LogP) is 4.20. The van der Waals surface area contributed by atoms with Crippen molar-refractivity contribution in [2.75, 3.05) is 5.75 Å². The highest BCUT2D eigenvalue weighted by atomic mass is 32.2. The maximum Gasteiger partial charge on any atom is 0.250 e. The first kappa shape index (κ1) is 23.1. The second-order valence-corrected chi connectivity index (χ2v) is 8.62. The van der Waals surface area contributed by atoms with Crippen LogP contribution < -0.4 is 5.43 Å². The number of aromatic nitrogens is 3. The van der Waals surface area contributed by atoms with E-state index >= 15 is 0 Å². The molecule has 0 saturated carbocycles. The van der Waals surface area contributed by atoms with Crippen molar-refractivity contribution in [1.29, 1.82) is 0 Å². The Labute approximate surface area is 201 Å². The number of rotatable bonds is 7. The molecule has 4 rings (SSSR count). The highest BCUT2D eigenvalue weighted by molar-refractivity contribution is 7.99. The number of hydrogen-bond acceptors (Lipinski definition) is 7. The number of carbonyl (C=O) groups is 1. The monoisotopic (exact) mass is 473 g/mol. The van der Waals surface area contributed by atoms with Crippen molar-refractivity contribution in [2.45, 2.75) is 19.0 Å². The van der Waals surface area contributed by atoms with Gasteiger partial charge in [-0.15, -0.1) is 10.2 Å². The summed E-state index contributed by atoms with van der Waals surface area (Å²) in [5.74, 6) is -0.0294. The summed E-state index contributed by atoms with van der Waals surface area (Å²) in [5, 5.41) is 32.1. The molecule has 0 aliphatic rings. The van der Waals surface area contributed by atoms with E-state index in [0.29, 0.717) is 16.5 Å². The second kappa shape index (κ2) is 10.2. The average molecular weight is 474 g/mol. The van der Waals surface area contributed by atoms with Crippen molar-refractivity contribution in [3.05, 3.63) is 83.4 Å². The van der Waals surface area contributed by atoms with Crippen molar-refractivity contribution in [2.24, 2.45) is 5.10 Å². The molecule has 0 bridgehead atoms. The van der Waals surface area contributed by atoms with Crippen LogP contribution in [0.15, 0.2) is 77.0 Å². The molecule has 0 atom stereocenters. The van der Waals surface area contributed by atoms with E-state index in [2.05, 4.69) is 20.7 Å². The number of phenolic OH excluding ortho intramolecular Hbond substituents is 2. The van der Waals surface area contributed by atoms with Crippen LogP contribution >= 0.6 is 11.8 Å². The van der Waals surface area contributed by atoms with Crippen LogP contribution in [-0.2, 0) is 4.79 Å². The van der Waals surface area contributed by atoms with E-state index in [1.165, 1.54) is 30.1 Å². The third-order valence-corrected chi connectivity index (χ3v) is 5.90. The molecule has 3 N–H and O–H groups in total. The molecular formula is C25H23N5O3S. The minimum Gasteiger partial charge on any atom is -0.504 e. The Morgan fingerprint density at radius 1 is 0.971 bits per heavy atom. The summed E-state index contributed by atoms with van der Waals surface area (Å²) in [6.45, 7) is 4.05. The van der Waals surface area contributed by atoms with Gasteiger partial charge in [0.2, 0.25) is 0 Å². The third kappa shape index (κ3) is 5.44. The van der Waals surface area contributed by atoms with E-state index < -0.39 is 0 Å². The third-order valence-electron chi connectivity index (χ3n) is 4.97. The van der Waals surface area contributed by atoms with E-state index in [4.69, 9.17) is 0 Å². The maximum absolute atomic E-state index is 12.3. The molecule has 0 aliphatic heterocycles. The van der Waals surface area contributed by atoms with Crippen molar-refractivity contribution >= 4 is 23.9 Å². The first-order valence-corrected chi connectivity index (χ1v) is 11.5. The zero-order valence-corrected chi connectivity index (χ0v) is 19.5. The number of nitrogens with zero attached hydrogens (tertiary/aromatic N) is 4. The van der Waals surface area contributed by atoms with E-state index in [1.807, 2.05) is 66.9 Å². The summed E-state index contributed by atoms with van der Waals surface area (Å²) in [6, 6.07) is 20.3. The summed E-state index contributed by atoms with van der Waals surface area (Å²) in [7, 11) is 0. The standard InChI is InChI=1S/C25H23N5O3S/c1-16-3-8-19(9-4-16)24-28-29-25(30(24)20-10-5-17(2)6-11-20)34-15-23(33)27-26-14-18-7-12-21(31)22(32)13-18/h3-14,31-32H,15H2,1-2H3,(H,27,33)/b26-14-. The normalized spacial score (nSPS) is 11.1. The summed E-state index contributed by atoms with van der Waals surface area (Å²) in [4.78, 5) is 12.3. The minimum atomic E-state index is -0.320. The van der Waals surface area contributed by atoms with Gasteiger partial charge in [-0.3, -0.25) is 9.36 Å². The predicted molar refractivity (Wildman–Crippen MR) is 133 cm³/mol. The van der Waals surface area contributed by atoms with Gasteiger partial charge in [0.1, 0.15) is 0 Å². The number of carbonyl (C=O) groups excluding carboxylic acids is 1. The van der Waals surface area contributed by atoms with Crippen molar-refractivity contribution < 1.29 is 15.0 Å². The molecule has 172 valence electrons. The summed E-state index contributed by atoms with van der Waals surface area (Å²) < 4.78 is 1.94. The molecule has 9 heteroatoms. The zero-order chi connectivity index (χ0) is 24.1. The lowest BCUT2D eigenvalue weighted by molar-refractivity contribution is -0.118. The number of nitrogens with one attached hydrogen (secondary N) is 1. The number of phenols is 2. The van der Waals surface area contributed by atoms with E-state index in [0.717, 1.165) is 22.4 Å². The molecule has 0 saturated heterocycles. The van der Waals surface area contributed by atoms with Crippen molar-refractivity contribution in [3.63, 3.8) is 0 Å². The highest BCUT2D eigenvalue weighted by Gasteiger charge is 2.17. The van der Waals surface area contributed by atoms with Gasteiger partial charge in [0.25, 0.3) is 5.91 Å². The minimum absolute atomic E-state index is 0.0794. The fraction of sp³-hybridized carbons (Fsp3) is 0.120. The Hall–Kier alpha value is -4.11. The molecule has 0 fully saturated rings. The number of hydrogen-bond donors (Lipinski definition) is 3. The van der Waals surface area contributed by atoms with Crippen LogP contribution in [0.3, 0.4) is 0 Å². The Morgan fingerprint density at radius 2 is 1.65 bits per heavy atom. The molecule has 1 aromatic heterocycles. The van der Waals surface area contributed by atoms with E-state index in [-0.39, 0.29) is 23.2 Å². The molecule has 8 nitrogen and oxygen atoms in total. The van der Waals surface area contributed by atoms with Crippen LogP contribution in [0.4, 0.5) is 0 Å². The van der Waals surface area contributed by atoms with Crippen LogP contribution in [0.2, 0.25) is 0 Å². The van der Waals surface area contributed by atoms with Gasteiger partial charge in [0.05, 0.1) is 12.0 Å². The van der Waals surface area contributed by atoms with Crippen LogP contribution in [0.25, 0.3) is 17.1 Å². The number of benzene rings is 3. The molecule has 0 aliphatic carbocycles. The van der Waals surface area contributed by atoms with Crippen LogP contribution in [0, 0.1) is 13.8 Å². The molecule has 1 amide bonds. The number of hydrazone groups is 1. The van der Waals surface area contributed by atoms with Gasteiger partial charge in [0, 0.05) is 11.3 Å². The highest BCUT2D eigenvalue weighted by Crippen LogP contribution is 2.28. The summed E-state index contributed by atoms with van der Waals surface area (Å²) in [6.07, 6.45) is 1.38. The van der Waals surface area contributed by atoms with Crippen LogP contribution in [0.5, 0.6) is 11.5 Å². The molecule has 0 spiro atoms. The van der Waals surface area contributed by atoms with Crippen LogP contribution in [-0.4, -0.2) is 42.9 Å². The Bertz CT molecular complexity index is 1330. The van der Waals surface area contributed by atoms with Crippen molar-refractivity contribution in [1.82, 2.24) is 20.2 Å². The molecule has 1 heterocycles.